The van der Waals surface area contributed by atoms with Crippen LogP contribution in [0.5, 0.6) is 0 Å². The highest BCUT2D eigenvalue weighted by Crippen LogP contribution is 2.14. The highest BCUT2D eigenvalue weighted by Gasteiger charge is 2.13. The number of ketones is 1. The Morgan fingerprint density at radius 3 is 2.90 bits per heavy atom. The standard InChI is InChI=1S/C14H9FN2O2S/c15-11-4-2-1-3-9(11)12(18)7-17-8-16-13-10(14(17)19)5-6-20-13/h1-6,8H,7H2. The lowest BCUT2D eigenvalue weighted by molar-refractivity contribution is 0.0966. The molecule has 3 aromatic rings. The predicted octanol–water partition coefficient (Wildman–Crippen LogP) is 2.48. The van der Waals surface area contributed by atoms with Gasteiger partial charge in [-0.05, 0) is 23.6 Å². The molecule has 2 heterocycles. The van der Waals surface area contributed by atoms with Crippen molar-refractivity contribution in [3.05, 3.63) is 63.8 Å². The number of carbonyl (C=O) groups is 1. The molecule has 0 amide bonds. The van der Waals surface area contributed by atoms with Crippen LogP contribution in [0, 0.1) is 5.82 Å². The van der Waals surface area contributed by atoms with Crippen LogP contribution < -0.4 is 5.56 Å². The number of carbonyl (C=O) groups excluding carboxylic acids is 1. The van der Waals surface area contributed by atoms with Crippen molar-refractivity contribution in [2.45, 2.75) is 6.54 Å². The van der Waals surface area contributed by atoms with E-state index in [1.54, 1.807) is 17.5 Å². The van der Waals surface area contributed by atoms with Crippen molar-refractivity contribution in [1.82, 2.24) is 9.55 Å². The number of halogens is 1. The lowest BCUT2D eigenvalue weighted by Crippen LogP contribution is -2.24. The van der Waals surface area contributed by atoms with Gasteiger partial charge in [0.15, 0.2) is 5.78 Å². The molecule has 0 aliphatic rings. The Morgan fingerprint density at radius 2 is 2.10 bits per heavy atom. The molecule has 0 saturated carbocycles. The Labute approximate surface area is 117 Å². The average Bonchev–Trinajstić information content (AvgIpc) is 2.91. The van der Waals surface area contributed by atoms with Crippen LogP contribution in [0.2, 0.25) is 0 Å². The highest BCUT2D eigenvalue weighted by molar-refractivity contribution is 7.16. The van der Waals surface area contributed by atoms with Crippen LogP contribution in [-0.4, -0.2) is 15.3 Å². The van der Waals surface area contributed by atoms with Crippen LogP contribution in [0.4, 0.5) is 4.39 Å². The number of benzene rings is 1. The van der Waals surface area contributed by atoms with Crippen molar-refractivity contribution < 1.29 is 9.18 Å². The number of Topliss-reactive ketones (excluding diaryl/α,β-unsaturated/α-hetero) is 1. The fourth-order valence-corrected chi connectivity index (χ4v) is 2.66. The van der Waals surface area contributed by atoms with Crippen molar-refractivity contribution >= 4 is 27.3 Å². The molecule has 1 aromatic carbocycles. The molecule has 2 aromatic heterocycles. The highest BCUT2D eigenvalue weighted by atomic mass is 32.1. The Hall–Kier alpha value is -2.34. The second kappa shape index (κ2) is 4.97. The maximum atomic E-state index is 13.5. The summed E-state index contributed by atoms with van der Waals surface area (Å²) in [5.41, 5.74) is -0.314. The molecule has 0 unspecified atom stereocenters. The molecule has 0 fully saturated rings. The first-order valence-electron chi connectivity index (χ1n) is 5.87. The van der Waals surface area contributed by atoms with Gasteiger partial charge in [-0.15, -0.1) is 11.3 Å². The maximum Gasteiger partial charge on any atom is 0.262 e. The van der Waals surface area contributed by atoms with Gasteiger partial charge < -0.3 is 0 Å². The molecular formula is C14H9FN2O2S. The van der Waals surface area contributed by atoms with Crippen LogP contribution in [0.25, 0.3) is 10.2 Å². The number of rotatable bonds is 3. The molecule has 4 nitrogen and oxygen atoms in total. The number of aromatic nitrogens is 2. The lowest BCUT2D eigenvalue weighted by Gasteiger charge is -2.05. The van der Waals surface area contributed by atoms with Crippen LogP contribution in [0.1, 0.15) is 10.4 Å². The van der Waals surface area contributed by atoms with E-state index in [4.69, 9.17) is 0 Å². The van der Waals surface area contributed by atoms with Gasteiger partial charge in [0.2, 0.25) is 0 Å². The smallest absolute Gasteiger partial charge is 0.262 e. The summed E-state index contributed by atoms with van der Waals surface area (Å²) in [6, 6.07) is 7.38. The van der Waals surface area contributed by atoms with E-state index in [9.17, 15) is 14.0 Å². The van der Waals surface area contributed by atoms with Gasteiger partial charge in [-0.25, -0.2) is 9.37 Å². The number of hydrogen-bond acceptors (Lipinski definition) is 4. The molecular weight excluding hydrogens is 279 g/mol. The molecule has 20 heavy (non-hydrogen) atoms. The minimum Gasteiger partial charge on any atom is -0.292 e. The normalized spacial score (nSPS) is 10.8. The van der Waals surface area contributed by atoms with Gasteiger partial charge in [-0.1, -0.05) is 12.1 Å². The molecule has 0 N–H and O–H groups in total. The topological polar surface area (TPSA) is 52.0 Å². The molecule has 0 atom stereocenters. The van der Waals surface area contributed by atoms with Crippen molar-refractivity contribution in [3.63, 3.8) is 0 Å². The Bertz CT molecular complexity index is 854. The van der Waals surface area contributed by atoms with Crippen LogP contribution in [0.15, 0.2) is 46.8 Å². The molecule has 0 saturated heterocycles. The number of fused-ring (bicyclic) bond motifs is 1. The summed E-state index contributed by atoms with van der Waals surface area (Å²) in [4.78, 5) is 28.9. The van der Waals surface area contributed by atoms with Gasteiger partial charge >= 0.3 is 0 Å². The summed E-state index contributed by atoms with van der Waals surface area (Å²) in [7, 11) is 0. The third-order valence-corrected chi connectivity index (χ3v) is 3.76. The summed E-state index contributed by atoms with van der Waals surface area (Å²) in [5.74, 6) is -1.04. The van der Waals surface area contributed by atoms with E-state index in [0.29, 0.717) is 10.2 Å². The fraction of sp³-hybridized carbons (Fsp3) is 0.0714. The molecule has 100 valence electrons. The van der Waals surface area contributed by atoms with E-state index in [1.165, 1.54) is 40.4 Å². The Kier molecular flexibility index (Phi) is 3.15. The van der Waals surface area contributed by atoms with Crippen molar-refractivity contribution in [2.75, 3.05) is 0 Å². The van der Waals surface area contributed by atoms with E-state index in [2.05, 4.69) is 4.98 Å². The summed E-state index contributed by atoms with van der Waals surface area (Å²) < 4.78 is 14.7. The molecule has 0 spiro atoms. The maximum absolute atomic E-state index is 13.5. The third-order valence-electron chi connectivity index (χ3n) is 2.94. The number of hydrogen-bond donors (Lipinski definition) is 0. The van der Waals surface area contributed by atoms with Gasteiger partial charge in [0, 0.05) is 0 Å². The van der Waals surface area contributed by atoms with Gasteiger partial charge in [-0.2, -0.15) is 0 Å². The summed E-state index contributed by atoms with van der Waals surface area (Å²) in [5, 5.41) is 2.24. The predicted molar refractivity (Wildman–Crippen MR) is 74.6 cm³/mol. The number of nitrogens with zero attached hydrogens (tertiary/aromatic N) is 2. The SMILES string of the molecule is O=C(Cn1cnc2sccc2c1=O)c1ccccc1F. The zero-order valence-electron chi connectivity index (χ0n) is 10.2. The van der Waals surface area contributed by atoms with E-state index in [-0.39, 0.29) is 17.7 Å². The van der Waals surface area contributed by atoms with Gasteiger partial charge in [-0.3, -0.25) is 14.2 Å². The average molecular weight is 288 g/mol. The second-order valence-electron chi connectivity index (χ2n) is 4.22. The molecule has 3 rings (SSSR count). The molecule has 6 heteroatoms. The molecule has 0 aliphatic heterocycles. The minimum atomic E-state index is -0.588. The van der Waals surface area contributed by atoms with E-state index in [0.717, 1.165) is 0 Å². The summed E-state index contributed by atoms with van der Waals surface area (Å²) in [6.07, 6.45) is 1.32. The third kappa shape index (κ3) is 2.14. The first-order valence-corrected chi connectivity index (χ1v) is 6.75. The number of thiophene rings is 1. The largest absolute Gasteiger partial charge is 0.292 e. The van der Waals surface area contributed by atoms with Crippen LogP contribution in [-0.2, 0) is 6.54 Å². The molecule has 0 bridgehead atoms. The minimum absolute atomic E-state index is 0.0233. The zero-order valence-corrected chi connectivity index (χ0v) is 11.1. The van der Waals surface area contributed by atoms with E-state index in [1.807, 2.05) is 0 Å². The van der Waals surface area contributed by atoms with E-state index >= 15 is 0 Å². The van der Waals surface area contributed by atoms with Crippen LogP contribution in [0.3, 0.4) is 0 Å². The monoisotopic (exact) mass is 288 g/mol. The summed E-state index contributed by atoms with van der Waals surface area (Å²) in [6.45, 7) is -0.224. The summed E-state index contributed by atoms with van der Waals surface area (Å²) >= 11 is 1.36. The fourth-order valence-electron chi connectivity index (χ4n) is 1.93. The van der Waals surface area contributed by atoms with Crippen molar-refractivity contribution in [3.8, 4) is 0 Å². The molecule has 0 aliphatic carbocycles. The molecule has 0 radical (unpaired) electrons. The first-order chi connectivity index (χ1) is 9.66. The Balaban J connectivity index is 1.97. The van der Waals surface area contributed by atoms with Crippen molar-refractivity contribution in [2.24, 2.45) is 0 Å². The first kappa shape index (κ1) is 12.7. The van der Waals surface area contributed by atoms with Gasteiger partial charge in [0.05, 0.1) is 23.8 Å². The van der Waals surface area contributed by atoms with E-state index < -0.39 is 11.6 Å². The zero-order chi connectivity index (χ0) is 14.1. The lowest BCUT2D eigenvalue weighted by atomic mass is 10.1. The van der Waals surface area contributed by atoms with Crippen molar-refractivity contribution in [1.29, 1.82) is 0 Å². The van der Waals surface area contributed by atoms with Gasteiger partial charge in [0.25, 0.3) is 5.56 Å². The van der Waals surface area contributed by atoms with Crippen LogP contribution >= 0.6 is 11.3 Å². The second-order valence-corrected chi connectivity index (χ2v) is 5.11. The quantitative estimate of drug-likeness (QED) is 0.696. The van der Waals surface area contributed by atoms with Gasteiger partial charge in [0.1, 0.15) is 10.6 Å². The Morgan fingerprint density at radius 1 is 1.30 bits per heavy atom.